The Hall–Kier alpha value is -0.860. The molecular formula is C14H22O2. The molecule has 0 unspecified atom stereocenters. The van der Waals surface area contributed by atoms with Gasteiger partial charge in [0.2, 0.25) is 0 Å². The minimum Gasteiger partial charge on any atom is -0.389 e. The van der Waals surface area contributed by atoms with Gasteiger partial charge >= 0.3 is 0 Å². The monoisotopic (exact) mass is 222 g/mol. The second-order valence-electron chi connectivity index (χ2n) is 4.68. The zero-order valence-electron chi connectivity index (χ0n) is 11.0. The molecule has 0 bridgehead atoms. The van der Waals surface area contributed by atoms with Crippen molar-refractivity contribution in [3.63, 3.8) is 0 Å². The Bertz CT molecular complexity index is 336. The number of rotatable bonds is 2. The minimum absolute atomic E-state index is 0.458. The fraction of sp³-hybridized carbons (Fsp3) is 0.571. The van der Waals surface area contributed by atoms with Crippen LogP contribution in [0.2, 0.25) is 0 Å². The lowest BCUT2D eigenvalue weighted by Gasteiger charge is -2.23. The molecule has 90 valence electrons. The molecule has 0 saturated carbocycles. The zero-order valence-corrected chi connectivity index (χ0v) is 11.0. The van der Waals surface area contributed by atoms with E-state index in [2.05, 4.69) is 0 Å². The lowest BCUT2D eigenvalue weighted by molar-refractivity contribution is 0.192. The van der Waals surface area contributed by atoms with Crippen LogP contribution < -0.4 is 0 Å². The van der Waals surface area contributed by atoms with Crippen LogP contribution in [-0.2, 0) is 0 Å². The highest BCUT2D eigenvalue weighted by Crippen LogP contribution is 2.33. The summed E-state index contributed by atoms with van der Waals surface area (Å²) in [6.45, 7) is 11.6. The maximum Gasteiger partial charge on any atom is 0.0767 e. The van der Waals surface area contributed by atoms with Crippen LogP contribution in [0.1, 0.15) is 59.4 Å². The van der Waals surface area contributed by atoms with E-state index in [1.54, 1.807) is 13.8 Å². The maximum absolute atomic E-state index is 9.80. The van der Waals surface area contributed by atoms with Crippen LogP contribution in [0.4, 0.5) is 0 Å². The van der Waals surface area contributed by atoms with Crippen molar-refractivity contribution in [2.24, 2.45) is 0 Å². The summed E-state index contributed by atoms with van der Waals surface area (Å²) in [5.74, 6) is 0. The van der Waals surface area contributed by atoms with Gasteiger partial charge in [0.1, 0.15) is 0 Å². The van der Waals surface area contributed by atoms with Gasteiger partial charge in [-0.1, -0.05) is 0 Å². The summed E-state index contributed by atoms with van der Waals surface area (Å²) in [6, 6.07) is 0. The molecule has 0 aliphatic carbocycles. The van der Waals surface area contributed by atoms with Gasteiger partial charge in [0.05, 0.1) is 12.2 Å². The summed E-state index contributed by atoms with van der Waals surface area (Å²) in [5, 5.41) is 19.6. The molecule has 0 heterocycles. The molecular weight excluding hydrogens is 200 g/mol. The molecule has 2 heteroatoms. The van der Waals surface area contributed by atoms with E-state index in [1.165, 1.54) is 0 Å². The van der Waals surface area contributed by atoms with Crippen molar-refractivity contribution >= 4 is 0 Å². The molecule has 1 aromatic rings. The van der Waals surface area contributed by atoms with E-state index in [0.29, 0.717) is 0 Å². The van der Waals surface area contributed by atoms with Crippen molar-refractivity contribution in [1.29, 1.82) is 0 Å². The number of benzene rings is 1. The second-order valence-corrected chi connectivity index (χ2v) is 4.68. The zero-order chi connectivity index (χ0) is 12.6. The first-order chi connectivity index (χ1) is 7.29. The van der Waals surface area contributed by atoms with Gasteiger partial charge in [-0.05, 0) is 74.9 Å². The lowest BCUT2D eigenvalue weighted by atomic mass is 9.85. The summed E-state index contributed by atoms with van der Waals surface area (Å²) in [6.07, 6.45) is -0.916. The molecule has 0 saturated heterocycles. The molecule has 0 aliphatic heterocycles. The average Bonchev–Trinajstić information content (AvgIpc) is 2.14. The molecule has 1 rings (SSSR count). The first-order valence-corrected chi connectivity index (χ1v) is 5.75. The van der Waals surface area contributed by atoms with Crippen molar-refractivity contribution in [3.05, 3.63) is 33.4 Å². The molecule has 0 spiro atoms. The number of hydrogen-bond acceptors (Lipinski definition) is 2. The van der Waals surface area contributed by atoms with Gasteiger partial charge < -0.3 is 10.2 Å². The fourth-order valence-corrected chi connectivity index (χ4v) is 2.62. The van der Waals surface area contributed by atoms with Crippen LogP contribution in [0.3, 0.4) is 0 Å². The Kier molecular flexibility index (Phi) is 3.76. The van der Waals surface area contributed by atoms with Gasteiger partial charge in [-0.3, -0.25) is 0 Å². The van der Waals surface area contributed by atoms with E-state index in [1.807, 2.05) is 27.7 Å². The van der Waals surface area contributed by atoms with Gasteiger partial charge in [-0.2, -0.15) is 0 Å². The van der Waals surface area contributed by atoms with Gasteiger partial charge in [0.25, 0.3) is 0 Å². The quantitative estimate of drug-likeness (QED) is 0.807. The third-order valence-electron chi connectivity index (χ3n) is 3.58. The highest BCUT2D eigenvalue weighted by Gasteiger charge is 2.19. The van der Waals surface area contributed by atoms with E-state index in [-0.39, 0.29) is 0 Å². The second kappa shape index (κ2) is 4.56. The Morgan fingerprint density at radius 3 is 0.938 bits per heavy atom. The van der Waals surface area contributed by atoms with Crippen LogP contribution in [0.25, 0.3) is 0 Å². The molecule has 0 aromatic heterocycles. The first kappa shape index (κ1) is 13.2. The number of aliphatic hydroxyl groups is 2. The molecule has 2 atom stereocenters. The normalized spacial score (nSPS) is 15.0. The summed E-state index contributed by atoms with van der Waals surface area (Å²) >= 11 is 0. The van der Waals surface area contributed by atoms with Crippen molar-refractivity contribution < 1.29 is 10.2 Å². The molecule has 2 N–H and O–H groups in total. The third-order valence-corrected chi connectivity index (χ3v) is 3.58. The molecule has 0 aliphatic rings. The SMILES string of the molecule is Cc1c(C)c([C@@H](C)O)c(C)c(C)c1[C@@H](C)O. The van der Waals surface area contributed by atoms with E-state index in [0.717, 1.165) is 33.4 Å². The predicted molar refractivity (Wildman–Crippen MR) is 66.7 cm³/mol. The molecule has 0 amide bonds. The van der Waals surface area contributed by atoms with Crippen LogP contribution in [-0.4, -0.2) is 10.2 Å². The molecule has 16 heavy (non-hydrogen) atoms. The van der Waals surface area contributed by atoms with Gasteiger partial charge in [-0.25, -0.2) is 0 Å². The molecule has 0 radical (unpaired) electrons. The fourth-order valence-electron chi connectivity index (χ4n) is 2.62. The predicted octanol–water partition coefficient (Wildman–Crippen LogP) is 3.03. The van der Waals surface area contributed by atoms with Crippen molar-refractivity contribution in [2.45, 2.75) is 53.8 Å². The van der Waals surface area contributed by atoms with Crippen LogP contribution in [0.15, 0.2) is 0 Å². The third kappa shape index (κ3) is 2.00. The van der Waals surface area contributed by atoms with Crippen LogP contribution >= 0.6 is 0 Å². The van der Waals surface area contributed by atoms with Crippen molar-refractivity contribution in [3.8, 4) is 0 Å². The Morgan fingerprint density at radius 1 is 0.625 bits per heavy atom. The van der Waals surface area contributed by atoms with Crippen LogP contribution in [0.5, 0.6) is 0 Å². The number of hydrogen-bond donors (Lipinski definition) is 2. The van der Waals surface area contributed by atoms with Gasteiger partial charge in [0.15, 0.2) is 0 Å². The Labute approximate surface area is 97.9 Å². The Balaban J connectivity index is 3.63. The minimum atomic E-state index is -0.458. The molecule has 0 fully saturated rings. The lowest BCUT2D eigenvalue weighted by Crippen LogP contribution is -2.09. The highest BCUT2D eigenvalue weighted by molar-refractivity contribution is 5.51. The molecule has 2 nitrogen and oxygen atoms in total. The number of aliphatic hydroxyl groups excluding tert-OH is 2. The average molecular weight is 222 g/mol. The standard InChI is InChI=1S/C14H22O2/c1-7-8(2)14(12(6)16)10(4)9(3)13(7)11(5)15/h11-12,15-16H,1-6H3/t11-,12-/m1/s1. The van der Waals surface area contributed by atoms with Crippen LogP contribution in [0, 0.1) is 27.7 Å². The van der Waals surface area contributed by atoms with E-state index in [9.17, 15) is 10.2 Å². The summed E-state index contributed by atoms with van der Waals surface area (Å²) in [4.78, 5) is 0. The highest BCUT2D eigenvalue weighted by atomic mass is 16.3. The summed E-state index contributed by atoms with van der Waals surface area (Å²) < 4.78 is 0. The van der Waals surface area contributed by atoms with Gasteiger partial charge in [-0.15, -0.1) is 0 Å². The van der Waals surface area contributed by atoms with Gasteiger partial charge in [0, 0.05) is 0 Å². The Morgan fingerprint density at radius 2 is 0.812 bits per heavy atom. The largest absolute Gasteiger partial charge is 0.389 e. The summed E-state index contributed by atoms with van der Waals surface area (Å²) in [5.41, 5.74) is 6.37. The first-order valence-electron chi connectivity index (χ1n) is 5.75. The van der Waals surface area contributed by atoms with Crippen molar-refractivity contribution in [1.82, 2.24) is 0 Å². The van der Waals surface area contributed by atoms with Crippen molar-refractivity contribution in [2.75, 3.05) is 0 Å². The van der Waals surface area contributed by atoms with E-state index in [4.69, 9.17) is 0 Å². The van der Waals surface area contributed by atoms with E-state index >= 15 is 0 Å². The van der Waals surface area contributed by atoms with E-state index < -0.39 is 12.2 Å². The summed E-state index contributed by atoms with van der Waals surface area (Å²) in [7, 11) is 0. The molecule has 1 aromatic carbocycles. The smallest absolute Gasteiger partial charge is 0.0767 e. The maximum atomic E-state index is 9.80. The topological polar surface area (TPSA) is 40.5 Å².